The molecule has 0 bridgehead atoms. The predicted octanol–water partition coefficient (Wildman–Crippen LogP) is 1.50. The molecule has 5 nitrogen and oxygen atoms in total. The van der Waals surface area contributed by atoms with Gasteiger partial charge >= 0.3 is 5.69 Å². The number of nitrogen functional groups attached to an aromatic ring is 1. The van der Waals surface area contributed by atoms with Gasteiger partial charge in [-0.3, -0.25) is 4.98 Å². The van der Waals surface area contributed by atoms with Gasteiger partial charge in [0.1, 0.15) is 23.0 Å². The average molecular weight is 289 g/mol. The monoisotopic (exact) mass is 289 g/mol. The smallest absolute Gasteiger partial charge is 0.346 e. The quantitative estimate of drug-likeness (QED) is 0.809. The molecule has 1 aromatic rings. The Kier molecular flexibility index (Phi) is 6.43. The lowest BCUT2D eigenvalue weighted by atomic mass is 10.6. The molecule has 3 N–H and O–H groups in total. The lowest BCUT2D eigenvalue weighted by molar-refractivity contribution is 0.617. The summed E-state index contributed by atoms with van der Waals surface area (Å²) in [6, 6.07) is 0. The summed E-state index contributed by atoms with van der Waals surface area (Å²) < 4.78 is 14.7. The zero-order valence-electron chi connectivity index (χ0n) is 11.8. The molecule has 0 aliphatic heterocycles. The second-order valence-corrected chi connectivity index (χ2v) is 13.2. The Balaban J connectivity index is 0.000000321. The Labute approximate surface area is 110 Å². The van der Waals surface area contributed by atoms with Crippen LogP contribution in [0.5, 0.6) is 0 Å². The summed E-state index contributed by atoms with van der Waals surface area (Å²) in [7, 11) is 1.14. The molecule has 1 radical (unpaired) electrons. The largest absolute Gasteiger partial charge is 0.383 e. The molecule has 0 amide bonds. The van der Waals surface area contributed by atoms with E-state index in [9.17, 15) is 9.18 Å². The van der Waals surface area contributed by atoms with Gasteiger partial charge in [0.2, 0.25) is 0 Å². The molecule has 0 aliphatic carbocycles. The molecule has 0 saturated heterocycles. The fourth-order valence-corrected chi connectivity index (χ4v) is 6.43. The molecule has 0 atom stereocenters. The first-order valence-electron chi connectivity index (χ1n) is 5.60. The number of aromatic nitrogens is 2. The van der Waals surface area contributed by atoms with Crippen molar-refractivity contribution in [3.63, 3.8) is 0 Å². The lowest BCUT2D eigenvalue weighted by Gasteiger charge is -2.32. The summed E-state index contributed by atoms with van der Waals surface area (Å²) in [5.74, 6) is -0.996. The zero-order chi connectivity index (χ0) is 14.5. The van der Waals surface area contributed by atoms with Crippen molar-refractivity contribution in [3.05, 3.63) is 22.5 Å². The molecule has 103 valence electrons. The third-order valence-corrected chi connectivity index (χ3v) is 9.18. The first kappa shape index (κ1) is 17.0. The van der Waals surface area contributed by atoms with Crippen molar-refractivity contribution < 1.29 is 4.39 Å². The molecule has 0 unspecified atom stereocenters. The van der Waals surface area contributed by atoms with Crippen LogP contribution in [0.1, 0.15) is 0 Å². The van der Waals surface area contributed by atoms with Gasteiger partial charge in [0.05, 0.1) is 6.20 Å². The fraction of sp³-hybridized carbons (Fsp3) is 0.600. The number of nitrogens with one attached hydrogen (secondary N) is 1. The first-order valence-corrected chi connectivity index (χ1v) is 11.5. The third kappa shape index (κ3) is 6.08. The average Bonchev–Trinajstić information content (AvgIpc) is 2.22. The molecule has 8 heteroatoms. The van der Waals surface area contributed by atoms with Crippen LogP contribution >= 0.6 is 0 Å². The molecule has 1 rings (SSSR count). The van der Waals surface area contributed by atoms with Gasteiger partial charge in [-0.25, -0.2) is 9.18 Å². The van der Waals surface area contributed by atoms with Gasteiger partial charge in [0.15, 0.2) is 5.82 Å². The Hall–Kier alpha value is -0.996. The molecular weight excluding hydrogens is 267 g/mol. The number of hydrogen-bond acceptors (Lipinski definition) is 4. The molecule has 18 heavy (non-hydrogen) atoms. The summed E-state index contributed by atoms with van der Waals surface area (Å²) in [6.07, 6.45) is 0.772. The van der Waals surface area contributed by atoms with E-state index in [1.165, 1.54) is 0 Å². The second-order valence-electron chi connectivity index (χ2n) is 5.13. The van der Waals surface area contributed by atoms with Crippen LogP contribution in [-0.4, -0.2) is 38.4 Å². The first-order chi connectivity index (χ1) is 8.05. The maximum atomic E-state index is 12.1. The molecule has 1 aromatic heterocycles. The van der Waals surface area contributed by atoms with Crippen LogP contribution in [0.3, 0.4) is 0 Å². The van der Waals surface area contributed by atoms with Crippen molar-refractivity contribution in [2.45, 2.75) is 32.7 Å². The Morgan fingerprint density at radius 2 is 1.94 bits per heavy atom. The van der Waals surface area contributed by atoms with E-state index in [-0.39, 0.29) is 14.8 Å². The van der Waals surface area contributed by atoms with Gasteiger partial charge in [-0.1, -0.05) is 32.7 Å². The van der Waals surface area contributed by atoms with E-state index in [1.807, 2.05) is 4.98 Å². The summed E-state index contributed by atoms with van der Waals surface area (Å²) in [6.45, 7) is 11.9. The highest BCUT2D eigenvalue weighted by Crippen LogP contribution is 2.07. The van der Waals surface area contributed by atoms with Crippen LogP contribution in [0, 0.1) is 5.82 Å². The number of rotatable bonds is 2. The van der Waals surface area contributed by atoms with E-state index >= 15 is 0 Å². The van der Waals surface area contributed by atoms with E-state index < -0.39 is 19.7 Å². The highest BCUT2D eigenvalue weighted by atomic mass is 28.4. The summed E-state index contributed by atoms with van der Waals surface area (Å²) in [4.78, 5) is 15.3. The fourth-order valence-electron chi connectivity index (χ4n) is 1.06. The second kappa shape index (κ2) is 6.81. The van der Waals surface area contributed by atoms with Gasteiger partial charge in [0.25, 0.3) is 0 Å². The minimum atomic E-state index is -0.945. The maximum absolute atomic E-state index is 12.1. The Bertz CT molecular complexity index is 431. The minimum Gasteiger partial charge on any atom is -0.383 e. The number of halogens is 1. The highest BCUT2D eigenvalue weighted by Gasteiger charge is 2.22. The predicted molar refractivity (Wildman–Crippen MR) is 77.8 cm³/mol. The number of hydrogen-bond donors (Lipinski definition) is 2. The van der Waals surface area contributed by atoms with Crippen molar-refractivity contribution in [3.8, 4) is 0 Å². The minimum absolute atomic E-state index is 0.175. The summed E-state index contributed by atoms with van der Waals surface area (Å²) >= 11 is 0. The highest BCUT2D eigenvalue weighted by molar-refractivity contribution is 6.82. The number of nitrogens with two attached hydrogens (primary N) is 1. The maximum Gasteiger partial charge on any atom is 0.346 e. The number of nitrogens with zero attached hydrogens (tertiary/aromatic N) is 2. The van der Waals surface area contributed by atoms with Gasteiger partial charge in [0, 0.05) is 0 Å². The molecule has 0 aromatic carbocycles. The van der Waals surface area contributed by atoms with Crippen LogP contribution in [-0.2, 0) is 0 Å². The van der Waals surface area contributed by atoms with E-state index in [0.29, 0.717) is 0 Å². The molecule has 0 spiro atoms. The number of anilines is 1. The van der Waals surface area contributed by atoms with E-state index in [1.54, 1.807) is 0 Å². The SMILES string of the molecule is CN([Si](C)C)[Si](C)(C)C.Nc1[nH]c(=O)ncc1F. The van der Waals surface area contributed by atoms with Crippen molar-refractivity contribution in [2.75, 3.05) is 12.8 Å². The van der Waals surface area contributed by atoms with E-state index in [4.69, 9.17) is 5.73 Å². The standard InChI is InChI=1S/C6H18NSi2.C4H4FN3O/c1-7(8(2)3)9(4,5)6;5-2-1-7-4(9)8-3(2)6/h1-6H3;1H,(H3,6,7,8,9). The topological polar surface area (TPSA) is 75.0 Å². The van der Waals surface area contributed by atoms with Crippen LogP contribution < -0.4 is 11.4 Å². The molecule has 0 aliphatic rings. The molecule has 0 saturated carbocycles. The van der Waals surface area contributed by atoms with Crippen molar-refractivity contribution in [2.24, 2.45) is 0 Å². The van der Waals surface area contributed by atoms with E-state index in [0.717, 1.165) is 6.20 Å². The van der Waals surface area contributed by atoms with Crippen molar-refractivity contribution >= 4 is 23.0 Å². The van der Waals surface area contributed by atoms with Crippen molar-refractivity contribution in [1.82, 2.24) is 14.2 Å². The van der Waals surface area contributed by atoms with Crippen LogP contribution in [0.2, 0.25) is 32.7 Å². The van der Waals surface area contributed by atoms with Gasteiger partial charge in [-0.15, -0.1) is 0 Å². The van der Waals surface area contributed by atoms with Crippen LogP contribution in [0.15, 0.2) is 11.0 Å². The third-order valence-electron chi connectivity index (χ3n) is 2.47. The lowest BCUT2D eigenvalue weighted by Crippen LogP contribution is -2.49. The molecular formula is C10H22FN4OSi2. The Morgan fingerprint density at radius 1 is 1.44 bits per heavy atom. The van der Waals surface area contributed by atoms with E-state index in [2.05, 4.69) is 49.0 Å². The van der Waals surface area contributed by atoms with Crippen LogP contribution in [0.4, 0.5) is 10.2 Å². The normalized spacial score (nSPS) is 11.4. The Morgan fingerprint density at radius 3 is 2.17 bits per heavy atom. The zero-order valence-corrected chi connectivity index (χ0v) is 13.8. The number of aromatic amines is 1. The summed E-state index contributed by atoms with van der Waals surface area (Å²) in [5.41, 5.74) is 4.31. The summed E-state index contributed by atoms with van der Waals surface area (Å²) in [5, 5.41) is 0. The number of H-pyrrole nitrogens is 1. The van der Waals surface area contributed by atoms with Gasteiger partial charge < -0.3 is 9.96 Å². The van der Waals surface area contributed by atoms with Crippen molar-refractivity contribution in [1.29, 1.82) is 0 Å². The van der Waals surface area contributed by atoms with Crippen LogP contribution in [0.25, 0.3) is 0 Å². The molecule has 1 heterocycles. The molecule has 0 fully saturated rings. The van der Waals surface area contributed by atoms with Gasteiger partial charge in [-0.2, -0.15) is 4.98 Å². The van der Waals surface area contributed by atoms with Gasteiger partial charge in [-0.05, 0) is 7.05 Å².